The van der Waals surface area contributed by atoms with Crippen molar-refractivity contribution >= 4 is 40.7 Å². The molecule has 202 valence electrons. The van der Waals surface area contributed by atoms with Crippen molar-refractivity contribution < 1.29 is 14.7 Å². The number of amides is 1. The molecule has 0 unspecified atom stereocenters. The van der Waals surface area contributed by atoms with Crippen LogP contribution >= 0.6 is 23.1 Å². The van der Waals surface area contributed by atoms with Crippen LogP contribution in [0.1, 0.15) is 112 Å². The van der Waals surface area contributed by atoms with Crippen LogP contribution in [0.15, 0.2) is 17.6 Å². The molecule has 3 aliphatic rings. The molecule has 5 rings (SSSR count). The van der Waals surface area contributed by atoms with E-state index in [0.29, 0.717) is 27.8 Å². The molecule has 0 saturated heterocycles. The third-order valence-corrected chi connectivity index (χ3v) is 11.1. The average molecular weight is 545 g/mol. The van der Waals surface area contributed by atoms with Gasteiger partial charge in [0.25, 0.3) is 0 Å². The lowest BCUT2D eigenvalue weighted by Crippen LogP contribution is -2.46. The van der Waals surface area contributed by atoms with E-state index in [9.17, 15) is 14.7 Å². The first-order valence-electron chi connectivity index (χ1n) is 13.9. The number of aromatic nitrogens is 3. The summed E-state index contributed by atoms with van der Waals surface area (Å²) in [6.45, 7) is 8.57. The number of carboxylic acid groups (broad SMARTS) is 1. The number of thiophene rings is 1. The van der Waals surface area contributed by atoms with Crippen LogP contribution < -0.4 is 4.90 Å². The lowest BCUT2D eigenvalue weighted by atomic mass is 9.81. The number of carboxylic acids is 1. The maximum atomic E-state index is 14.1. The quantitative estimate of drug-likeness (QED) is 0.406. The maximum absolute atomic E-state index is 14.1. The Kier molecular flexibility index (Phi) is 7.74. The zero-order valence-electron chi connectivity index (χ0n) is 22.5. The molecule has 1 N–H and O–H groups in total. The Bertz CT molecular complexity index is 1120. The van der Waals surface area contributed by atoms with Crippen LogP contribution in [0.2, 0.25) is 0 Å². The lowest BCUT2D eigenvalue weighted by molar-refractivity contribution is -0.124. The number of carbonyl (C=O) groups excluding carboxylic acids is 1. The molecule has 37 heavy (non-hydrogen) atoms. The molecule has 0 radical (unpaired) electrons. The van der Waals surface area contributed by atoms with Gasteiger partial charge in [0, 0.05) is 28.1 Å². The molecular formula is C28H40N4O3S2. The van der Waals surface area contributed by atoms with E-state index in [1.54, 1.807) is 0 Å². The van der Waals surface area contributed by atoms with Gasteiger partial charge in [0.15, 0.2) is 5.16 Å². The van der Waals surface area contributed by atoms with Crippen LogP contribution in [-0.4, -0.2) is 43.0 Å². The fourth-order valence-corrected chi connectivity index (χ4v) is 8.04. The second kappa shape index (κ2) is 10.7. The summed E-state index contributed by atoms with van der Waals surface area (Å²) in [5.74, 6) is -0.155. The first-order valence-corrected chi connectivity index (χ1v) is 15.6. The van der Waals surface area contributed by atoms with Crippen LogP contribution in [0.3, 0.4) is 0 Å². The molecule has 2 aromatic heterocycles. The number of anilines is 1. The molecule has 1 amide bonds. The fourth-order valence-electron chi connectivity index (χ4n) is 5.77. The van der Waals surface area contributed by atoms with Crippen molar-refractivity contribution in [3.05, 3.63) is 22.1 Å². The Labute approximate surface area is 228 Å². The molecule has 3 fully saturated rings. The highest BCUT2D eigenvalue weighted by atomic mass is 32.2. The number of carbonyl (C=O) groups is 2. The van der Waals surface area contributed by atoms with Gasteiger partial charge in [-0.3, -0.25) is 4.79 Å². The molecule has 0 bridgehead atoms. The summed E-state index contributed by atoms with van der Waals surface area (Å²) in [5, 5.41) is 20.1. The minimum Gasteiger partial charge on any atom is -0.477 e. The molecule has 3 aliphatic carbocycles. The van der Waals surface area contributed by atoms with Gasteiger partial charge in [0.05, 0.1) is 5.69 Å². The molecule has 3 saturated carbocycles. The summed E-state index contributed by atoms with van der Waals surface area (Å²) in [6.07, 6.45) is 11.9. The van der Waals surface area contributed by atoms with E-state index in [1.165, 1.54) is 24.2 Å². The van der Waals surface area contributed by atoms with Gasteiger partial charge in [-0.25, -0.2) is 4.79 Å². The van der Waals surface area contributed by atoms with Crippen LogP contribution in [0.4, 0.5) is 5.69 Å². The molecular weight excluding hydrogens is 504 g/mol. The van der Waals surface area contributed by atoms with Crippen molar-refractivity contribution in [3.8, 4) is 0 Å². The molecule has 2 aromatic rings. The Hall–Kier alpha value is -1.87. The van der Waals surface area contributed by atoms with Crippen molar-refractivity contribution in [3.63, 3.8) is 0 Å². The minimum atomic E-state index is -0.936. The molecule has 0 aliphatic heterocycles. The number of rotatable bonds is 7. The normalized spacial score (nSPS) is 26.7. The highest BCUT2D eigenvalue weighted by molar-refractivity contribution is 7.99. The Morgan fingerprint density at radius 3 is 2.32 bits per heavy atom. The van der Waals surface area contributed by atoms with Crippen LogP contribution in [0.5, 0.6) is 0 Å². The van der Waals surface area contributed by atoms with E-state index in [4.69, 9.17) is 0 Å². The van der Waals surface area contributed by atoms with Crippen LogP contribution in [0.25, 0.3) is 0 Å². The van der Waals surface area contributed by atoms with Gasteiger partial charge in [-0.2, -0.15) is 0 Å². The molecule has 0 spiro atoms. The van der Waals surface area contributed by atoms with Crippen molar-refractivity contribution in [1.29, 1.82) is 0 Å². The molecule has 0 aromatic carbocycles. The standard InChI is InChI=1S/C28H40N4O3S2/c1-17-5-7-18(8-6-17)25(33)32(22-15-23(28(2,3)4)37-24(22)26(34)35)20-11-13-21(14-12-20)36-27-30-29-16-31(27)19-9-10-19/h15-21H,5-14H2,1-4H3,(H,34,35)/t17-,18-,20-,21-. The number of aromatic carboxylic acids is 1. The van der Waals surface area contributed by atoms with Gasteiger partial charge in [-0.05, 0) is 81.6 Å². The third kappa shape index (κ3) is 5.92. The lowest BCUT2D eigenvalue weighted by Gasteiger charge is -2.39. The van der Waals surface area contributed by atoms with E-state index < -0.39 is 5.97 Å². The predicted octanol–water partition coefficient (Wildman–Crippen LogP) is 6.93. The zero-order valence-corrected chi connectivity index (χ0v) is 24.1. The van der Waals surface area contributed by atoms with Crippen molar-refractivity contribution in [1.82, 2.24) is 14.8 Å². The van der Waals surface area contributed by atoms with Crippen molar-refractivity contribution in [2.75, 3.05) is 4.90 Å². The molecule has 9 heteroatoms. The molecule has 7 nitrogen and oxygen atoms in total. The van der Waals surface area contributed by atoms with Gasteiger partial charge in [-0.1, -0.05) is 39.5 Å². The second-order valence-electron chi connectivity index (χ2n) is 12.3. The smallest absolute Gasteiger partial charge is 0.348 e. The topological polar surface area (TPSA) is 88.3 Å². The number of thioether (sulfide) groups is 1. The maximum Gasteiger partial charge on any atom is 0.348 e. The van der Waals surface area contributed by atoms with Gasteiger partial charge in [0.1, 0.15) is 11.2 Å². The fraction of sp³-hybridized carbons (Fsp3) is 0.714. The highest BCUT2D eigenvalue weighted by Crippen LogP contribution is 2.44. The largest absolute Gasteiger partial charge is 0.477 e. The van der Waals surface area contributed by atoms with Gasteiger partial charge < -0.3 is 14.6 Å². The summed E-state index contributed by atoms with van der Waals surface area (Å²) in [4.78, 5) is 29.7. The summed E-state index contributed by atoms with van der Waals surface area (Å²) in [6, 6.07) is 2.59. The third-order valence-electron chi connectivity index (χ3n) is 8.27. The number of hydrogen-bond acceptors (Lipinski definition) is 6. The van der Waals surface area contributed by atoms with E-state index in [2.05, 4.69) is 42.5 Å². The molecule has 0 atom stereocenters. The van der Waals surface area contributed by atoms with Gasteiger partial charge >= 0.3 is 5.97 Å². The minimum absolute atomic E-state index is 0.0139. The highest BCUT2D eigenvalue weighted by Gasteiger charge is 2.39. The van der Waals surface area contributed by atoms with Gasteiger partial charge in [-0.15, -0.1) is 21.5 Å². The summed E-state index contributed by atoms with van der Waals surface area (Å²) in [7, 11) is 0. The first-order chi connectivity index (χ1) is 17.6. The van der Waals surface area contributed by atoms with E-state index in [-0.39, 0.29) is 23.3 Å². The second-order valence-corrected chi connectivity index (χ2v) is 14.7. The number of hydrogen-bond donors (Lipinski definition) is 1. The summed E-state index contributed by atoms with van der Waals surface area (Å²) in [5.41, 5.74) is 0.448. The summed E-state index contributed by atoms with van der Waals surface area (Å²) < 4.78 is 2.22. The van der Waals surface area contributed by atoms with E-state index in [1.807, 2.05) is 29.1 Å². The van der Waals surface area contributed by atoms with Gasteiger partial charge in [0.2, 0.25) is 5.91 Å². The van der Waals surface area contributed by atoms with E-state index in [0.717, 1.165) is 61.4 Å². The first kappa shape index (κ1) is 26.7. The van der Waals surface area contributed by atoms with E-state index >= 15 is 0 Å². The van der Waals surface area contributed by atoms with Crippen LogP contribution in [0, 0.1) is 11.8 Å². The summed E-state index contributed by atoms with van der Waals surface area (Å²) >= 11 is 3.15. The van der Waals surface area contributed by atoms with Crippen molar-refractivity contribution in [2.24, 2.45) is 11.8 Å². The Morgan fingerprint density at radius 2 is 1.73 bits per heavy atom. The average Bonchev–Trinajstić information content (AvgIpc) is 3.41. The SMILES string of the molecule is CC(C)(C)c1cc(N(C(=O)[C@H]2CC[C@H](C)CC2)[C@H]2CC[C@H](Sc3nncn3C3CC3)CC2)c(C(=O)O)s1. The Balaban J connectivity index is 1.38. The van der Waals surface area contributed by atoms with Crippen LogP contribution in [-0.2, 0) is 10.2 Å². The predicted molar refractivity (Wildman–Crippen MR) is 149 cm³/mol. The Morgan fingerprint density at radius 1 is 1.05 bits per heavy atom. The monoisotopic (exact) mass is 544 g/mol. The zero-order chi connectivity index (χ0) is 26.3. The van der Waals surface area contributed by atoms with Crippen molar-refractivity contribution in [2.45, 2.75) is 120 Å². The molecule has 2 heterocycles. The number of nitrogens with zero attached hydrogens (tertiary/aromatic N) is 4.